The summed E-state index contributed by atoms with van der Waals surface area (Å²) >= 11 is 0. The van der Waals surface area contributed by atoms with E-state index in [2.05, 4.69) is 4.72 Å². The standard InChI is InChI=1S/C20H19NO3S/c1-15-7-6-10-20(16(15)2)21-25(22,23)19-13-11-18(12-14-19)24-17-8-4-3-5-9-17/h3-14,21H,1-2H3. The van der Waals surface area contributed by atoms with E-state index >= 15 is 0 Å². The van der Waals surface area contributed by atoms with E-state index in [1.807, 2.05) is 56.3 Å². The van der Waals surface area contributed by atoms with Crippen LogP contribution in [0.1, 0.15) is 11.1 Å². The Bertz CT molecular complexity index is 966. The summed E-state index contributed by atoms with van der Waals surface area (Å²) in [4.78, 5) is 0.189. The highest BCUT2D eigenvalue weighted by atomic mass is 32.2. The van der Waals surface area contributed by atoms with Crippen LogP contribution in [0.4, 0.5) is 5.69 Å². The summed E-state index contributed by atoms with van der Waals surface area (Å²) in [5.74, 6) is 1.28. The first-order valence-corrected chi connectivity index (χ1v) is 9.36. The average Bonchev–Trinajstić information content (AvgIpc) is 2.60. The lowest BCUT2D eigenvalue weighted by Gasteiger charge is -2.12. The highest BCUT2D eigenvalue weighted by Gasteiger charge is 2.15. The van der Waals surface area contributed by atoms with Crippen molar-refractivity contribution in [1.29, 1.82) is 0 Å². The van der Waals surface area contributed by atoms with Gasteiger partial charge in [0.2, 0.25) is 0 Å². The summed E-state index contributed by atoms with van der Waals surface area (Å²) in [6.45, 7) is 3.84. The van der Waals surface area contributed by atoms with Gasteiger partial charge in [0.1, 0.15) is 11.5 Å². The number of hydrogen-bond donors (Lipinski definition) is 1. The summed E-state index contributed by atoms with van der Waals surface area (Å²) in [5.41, 5.74) is 2.53. The van der Waals surface area contributed by atoms with Gasteiger partial charge in [0, 0.05) is 0 Å². The van der Waals surface area contributed by atoms with Crippen molar-refractivity contribution < 1.29 is 13.2 Å². The number of rotatable bonds is 5. The fraction of sp³-hybridized carbons (Fsp3) is 0.100. The van der Waals surface area contributed by atoms with Gasteiger partial charge in [-0.3, -0.25) is 4.72 Å². The van der Waals surface area contributed by atoms with Crippen LogP contribution in [0.5, 0.6) is 11.5 Å². The number of ether oxygens (including phenoxy) is 1. The van der Waals surface area contributed by atoms with Gasteiger partial charge in [-0.25, -0.2) is 8.42 Å². The topological polar surface area (TPSA) is 55.4 Å². The smallest absolute Gasteiger partial charge is 0.261 e. The molecule has 0 aromatic heterocycles. The maximum atomic E-state index is 12.6. The predicted molar refractivity (Wildman–Crippen MR) is 99.7 cm³/mol. The summed E-state index contributed by atoms with van der Waals surface area (Å²) in [6, 6.07) is 21.2. The lowest BCUT2D eigenvalue weighted by atomic mass is 10.1. The van der Waals surface area contributed by atoms with E-state index in [9.17, 15) is 8.42 Å². The number of aryl methyl sites for hydroxylation is 1. The van der Waals surface area contributed by atoms with Crippen LogP contribution in [-0.2, 0) is 10.0 Å². The van der Waals surface area contributed by atoms with Crippen LogP contribution in [0.3, 0.4) is 0 Å². The SMILES string of the molecule is Cc1cccc(NS(=O)(=O)c2ccc(Oc3ccccc3)cc2)c1C. The van der Waals surface area contributed by atoms with Crippen molar-refractivity contribution >= 4 is 15.7 Å². The average molecular weight is 353 g/mol. The number of hydrogen-bond acceptors (Lipinski definition) is 3. The molecular formula is C20H19NO3S. The Kier molecular flexibility index (Phi) is 4.76. The third-order valence-corrected chi connectivity index (χ3v) is 5.34. The molecule has 0 spiro atoms. The van der Waals surface area contributed by atoms with Crippen LogP contribution in [0.15, 0.2) is 77.7 Å². The van der Waals surface area contributed by atoms with Gasteiger partial charge < -0.3 is 4.74 Å². The minimum atomic E-state index is -3.65. The Morgan fingerprint density at radius 3 is 2.08 bits per heavy atom. The second kappa shape index (κ2) is 6.99. The van der Waals surface area contributed by atoms with Crippen molar-refractivity contribution in [2.24, 2.45) is 0 Å². The van der Waals surface area contributed by atoms with Crippen LogP contribution >= 0.6 is 0 Å². The van der Waals surface area contributed by atoms with Gasteiger partial charge in [-0.05, 0) is 67.4 Å². The van der Waals surface area contributed by atoms with Gasteiger partial charge in [-0.1, -0.05) is 30.3 Å². The van der Waals surface area contributed by atoms with Crippen molar-refractivity contribution in [3.8, 4) is 11.5 Å². The number of anilines is 1. The monoisotopic (exact) mass is 353 g/mol. The molecule has 5 heteroatoms. The van der Waals surface area contributed by atoms with Crippen LogP contribution in [0, 0.1) is 13.8 Å². The second-order valence-corrected chi connectivity index (χ2v) is 7.42. The largest absolute Gasteiger partial charge is 0.457 e. The lowest BCUT2D eigenvalue weighted by Crippen LogP contribution is -2.13. The zero-order valence-corrected chi connectivity index (χ0v) is 14.9. The van der Waals surface area contributed by atoms with E-state index in [4.69, 9.17) is 4.74 Å². The third-order valence-electron chi connectivity index (χ3n) is 3.96. The molecule has 0 heterocycles. The van der Waals surface area contributed by atoms with Crippen LogP contribution in [0.2, 0.25) is 0 Å². The van der Waals surface area contributed by atoms with Gasteiger partial charge in [0.05, 0.1) is 10.6 Å². The summed E-state index contributed by atoms with van der Waals surface area (Å²) < 4.78 is 33.5. The quantitative estimate of drug-likeness (QED) is 0.710. The molecule has 0 aliphatic heterocycles. The molecule has 1 N–H and O–H groups in total. The molecule has 0 fully saturated rings. The number of benzene rings is 3. The second-order valence-electron chi connectivity index (χ2n) is 5.74. The molecule has 0 amide bonds. The number of para-hydroxylation sites is 1. The Morgan fingerprint density at radius 1 is 0.760 bits per heavy atom. The fourth-order valence-electron chi connectivity index (χ4n) is 2.38. The molecule has 0 atom stereocenters. The molecule has 0 aliphatic rings. The van der Waals surface area contributed by atoms with Crippen LogP contribution in [0.25, 0.3) is 0 Å². The van der Waals surface area contributed by atoms with Crippen LogP contribution in [-0.4, -0.2) is 8.42 Å². The molecule has 25 heavy (non-hydrogen) atoms. The Labute approximate surface area is 148 Å². The molecule has 0 saturated heterocycles. The highest BCUT2D eigenvalue weighted by Crippen LogP contribution is 2.25. The Hall–Kier alpha value is -2.79. The van der Waals surface area contributed by atoms with Gasteiger partial charge in [0.25, 0.3) is 10.0 Å². The third kappa shape index (κ3) is 4.00. The molecule has 3 aromatic carbocycles. The molecule has 3 rings (SSSR count). The zero-order chi connectivity index (χ0) is 17.9. The van der Waals surface area contributed by atoms with Crippen molar-refractivity contribution in [3.63, 3.8) is 0 Å². The molecule has 0 radical (unpaired) electrons. The Balaban J connectivity index is 1.80. The van der Waals surface area contributed by atoms with Crippen molar-refractivity contribution in [1.82, 2.24) is 0 Å². The lowest BCUT2D eigenvalue weighted by molar-refractivity contribution is 0.482. The first kappa shape index (κ1) is 17.0. The van der Waals surface area contributed by atoms with Gasteiger partial charge in [0.15, 0.2) is 0 Å². The van der Waals surface area contributed by atoms with E-state index in [0.717, 1.165) is 11.1 Å². The van der Waals surface area contributed by atoms with Gasteiger partial charge in [-0.15, -0.1) is 0 Å². The molecule has 3 aromatic rings. The van der Waals surface area contributed by atoms with E-state index in [-0.39, 0.29) is 4.90 Å². The minimum Gasteiger partial charge on any atom is -0.457 e. The van der Waals surface area contributed by atoms with Gasteiger partial charge in [-0.2, -0.15) is 0 Å². The molecule has 0 bridgehead atoms. The van der Waals surface area contributed by atoms with E-state index in [1.165, 1.54) is 12.1 Å². The first-order valence-electron chi connectivity index (χ1n) is 7.88. The molecule has 128 valence electrons. The number of sulfonamides is 1. The molecule has 0 aliphatic carbocycles. The minimum absolute atomic E-state index is 0.189. The predicted octanol–water partition coefficient (Wildman–Crippen LogP) is 4.90. The fourth-order valence-corrected chi connectivity index (χ4v) is 3.50. The summed E-state index contributed by atoms with van der Waals surface area (Å²) in [5, 5.41) is 0. The van der Waals surface area contributed by atoms with Crippen molar-refractivity contribution in [3.05, 3.63) is 83.9 Å². The first-order chi connectivity index (χ1) is 12.0. The van der Waals surface area contributed by atoms with Crippen molar-refractivity contribution in [2.75, 3.05) is 4.72 Å². The molecule has 0 unspecified atom stereocenters. The van der Waals surface area contributed by atoms with E-state index < -0.39 is 10.0 Å². The number of nitrogens with one attached hydrogen (secondary N) is 1. The highest BCUT2D eigenvalue weighted by molar-refractivity contribution is 7.92. The van der Waals surface area contributed by atoms with E-state index in [1.54, 1.807) is 18.2 Å². The molecule has 0 saturated carbocycles. The summed E-state index contributed by atoms with van der Waals surface area (Å²) in [7, 11) is -3.65. The summed E-state index contributed by atoms with van der Waals surface area (Å²) in [6.07, 6.45) is 0. The maximum Gasteiger partial charge on any atom is 0.261 e. The van der Waals surface area contributed by atoms with Crippen LogP contribution < -0.4 is 9.46 Å². The van der Waals surface area contributed by atoms with E-state index in [0.29, 0.717) is 17.2 Å². The zero-order valence-electron chi connectivity index (χ0n) is 14.1. The molecular weight excluding hydrogens is 334 g/mol. The molecule has 4 nitrogen and oxygen atoms in total. The maximum absolute atomic E-state index is 12.6. The van der Waals surface area contributed by atoms with Crippen molar-refractivity contribution in [2.45, 2.75) is 18.7 Å². The Morgan fingerprint density at radius 2 is 1.40 bits per heavy atom. The normalized spacial score (nSPS) is 11.1. The van der Waals surface area contributed by atoms with Gasteiger partial charge >= 0.3 is 0 Å².